The molecule has 0 saturated heterocycles. The molecule has 0 amide bonds. The smallest absolute Gasteiger partial charge is 0.119 e. The highest BCUT2D eigenvalue weighted by Crippen LogP contribution is 2.49. The van der Waals surface area contributed by atoms with Gasteiger partial charge >= 0.3 is 0 Å². The first-order valence-corrected chi connectivity index (χ1v) is 37.3. The molecule has 0 saturated carbocycles. The molecule has 0 aliphatic heterocycles. The summed E-state index contributed by atoms with van der Waals surface area (Å²) in [6, 6.07) is 67.6. The second kappa shape index (κ2) is 37.9. The molecule has 0 spiro atoms. The van der Waals surface area contributed by atoms with Gasteiger partial charge in [-0.2, -0.15) is 0 Å². The van der Waals surface area contributed by atoms with Crippen LogP contribution in [0.15, 0.2) is 182 Å². The fraction of sp³-hybridized carbons (Fsp3) is 0.400. The lowest BCUT2D eigenvalue weighted by atomic mass is 9.82. The van der Waals surface area contributed by atoms with Gasteiger partial charge in [-0.3, -0.25) is 0 Å². The fourth-order valence-electron chi connectivity index (χ4n) is 13.4. The van der Waals surface area contributed by atoms with Crippen LogP contribution in [0.2, 0.25) is 0 Å². The summed E-state index contributed by atoms with van der Waals surface area (Å²) in [5.41, 5.74) is 13.3. The number of unbranched alkanes of at least 4 members (excludes halogenated alkanes) is 18. The highest BCUT2D eigenvalue weighted by molar-refractivity contribution is 6.29. The van der Waals surface area contributed by atoms with E-state index in [0.717, 1.165) is 211 Å². The van der Waals surface area contributed by atoms with Gasteiger partial charge in [-0.25, -0.2) is 0 Å². The van der Waals surface area contributed by atoms with E-state index in [0.29, 0.717) is 39.6 Å². The zero-order valence-corrected chi connectivity index (χ0v) is 59.0. The third-order valence-electron chi connectivity index (χ3n) is 18.8. The van der Waals surface area contributed by atoms with Crippen molar-refractivity contribution >= 4 is 32.3 Å². The zero-order valence-electron chi connectivity index (χ0n) is 59.0. The van der Waals surface area contributed by atoms with Crippen molar-refractivity contribution in [1.82, 2.24) is 0 Å². The van der Waals surface area contributed by atoms with Crippen LogP contribution in [0, 0.1) is 0 Å². The first kappa shape index (κ1) is 70.6. The van der Waals surface area contributed by atoms with E-state index in [2.05, 4.69) is 224 Å². The minimum Gasteiger partial charge on any atom is -0.494 e. The van der Waals surface area contributed by atoms with Crippen LogP contribution in [-0.2, 0) is 0 Å². The third kappa shape index (κ3) is 19.5. The predicted molar refractivity (Wildman–Crippen MR) is 409 cm³/mol. The molecule has 0 unspecified atom stereocenters. The van der Waals surface area contributed by atoms with Crippen molar-refractivity contribution in [3.05, 3.63) is 182 Å². The molecule has 10 aromatic carbocycles. The third-order valence-corrected chi connectivity index (χ3v) is 18.8. The summed E-state index contributed by atoms with van der Waals surface area (Å²) in [6.45, 7) is 17.6. The molecule has 0 atom stereocenters. The lowest BCUT2D eigenvalue weighted by molar-refractivity contribution is 0.305. The molecule has 0 fully saturated rings. The Morgan fingerprint density at radius 2 is 0.333 bits per heavy atom. The lowest BCUT2D eigenvalue weighted by Crippen LogP contribution is -1.99. The standard InChI is InChI=1S/C90H108O6/c1-7-13-19-25-49-91-73-43-31-37-67(55-73)79-61-85-86(62-80(79)68-38-32-44-74(56-68)92-50-26-20-14-8-2)88-64-82(70-40-34-46-76(58-70)94-52-28-22-16-10-4)84(72-42-36-48-78(60-72)96-54-30-24-18-12-6)66-90(88)89-65-83(71-41-35-47-77(59-71)95-53-29-23-17-11-5)81(63-87(85)89)69-39-33-45-75(57-69)93-51-27-21-15-9-3/h31-48,55-66H,7-30,49-54H2,1-6H3. The molecule has 10 aromatic rings. The van der Waals surface area contributed by atoms with E-state index in [-0.39, 0.29) is 0 Å². The molecule has 10 rings (SSSR count). The number of ether oxygens (including phenoxy) is 6. The average Bonchev–Trinajstić information content (AvgIpc) is 0.716. The molecular formula is C90H108O6. The van der Waals surface area contributed by atoms with Crippen molar-refractivity contribution in [3.63, 3.8) is 0 Å². The Morgan fingerprint density at radius 3 is 0.479 bits per heavy atom. The molecule has 6 heteroatoms. The molecule has 0 bridgehead atoms. The predicted octanol–water partition coefficient (Wildman–Crippen LogP) is 26.9. The van der Waals surface area contributed by atoms with Crippen LogP contribution < -0.4 is 28.4 Å². The van der Waals surface area contributed by atoms with Gasteiger partial charge in [0.1, 0.15) is 34.5 Å². The summed E-state index contributed by atoms with van der Waals surface area (Å²) in [6.07, 6.45) is 27.4. The maximum absolute atomic E-state index is 6.62. The van der Waals surface area contributed by atoms with Gasteiger partial charge in [-0.15, -0.1) is 0 Å². The van der Waals surface area contributed by atoms with Gasteiger partial charge in [0.15, 0.2) is 0 Å². The van der Waals surface area contributed by atoms with Crippen molar-refractivity contribution in [2.24, 2.45) is 0 Å². The van der Waals surface area contributed by atoms with Crippen LogP contribution in [0.5, 0.6) is 34.5 Å². The molecule has 0 heterocycles. The van der Waals surface area contributed by atoms with Gasteiger partial charge in [0.25, 0.3) is 0 Å². The van der Waals surface area contributed by atoms with Crippen LogP contribution in [0.25, 0.3) is 99.1 Å². The Labute approximate surface area is 576 Å². The normalized spacial score (nSPS) is 11.4. The number of hydrogen-bond acceptors (Lipinski definition) is 6. The second-order valence-corrected chi connectivity index (χ2v) is 26.5. The van der Waals surface area contributed by atoms with E-state index in [1.165, 1.54) is 77.0 Å². The van der Waals surface area contributed by atoms with Gasteiger partial charge in [0.05, 0.1) is 39.6 Å². The Bertz CT molecular complexity index is 3330. The molecular weight excluding hydrogens is 1180 g/mol. The van der Waals surface area contributed by atoms with Crippen molar-refractivity contribution in [1.29, 1.82) is 0 Å². The van der Waals surface area contributed by atoms with Crippen molar-refractivity contribution in [2.45, 2.75) is 196 Å². The van der Waals surface area contributed by atoms with Crippen molar-refractivity contribution in [2.75, 3.05) is 39.6 Å². The molecule has 96 heavy (non-hydrogen) atoms. The molecule has 0 aliphatic carbocycles. The summed E-state index contributed by atoms with van der Waals surface area (Å²) in [5.74, 6) is 5.27. The van der Waals surface area contributed by atoms with Crippen LogP contribution in [0.3, 0.4) is 0 Å². The molecule has 504 valence electrons. The lowest BCUT2D eigenvalue weighted by Gasteiger charge is -2.22. The minimum atomic E-state index is 0.682. The molecule has 6 nitrogen and oxygen atoms in total. The highest BCUT2D eigenvalue weighted by Gasteiger charge is 2.23. The number of fused-ring (bicyclic) bond motifs is 6. The van der Waals surface area contributed by atoms with Crippen molar-refractivity contribution < 1.29 is 28.4 Å². The molecule has 0 N–H and O–H groups in total. The fourth-order valence-corrected chi connectivity index (χ4v) is 13.4. The van der Waals surface area contributed by atoms with Gasteiger partial charge < -0.3 is 28.4 Å². The van der Waals surface area contributed by atoms with E-state index in [4.69, 9.17) is 28.4 Å². The summed E-state index contributed by atoms with van der Waals surface area (Å²) in [4.78, 5) is 0. The van der Waals surface area contributed by atoms with Gasteiger partial charge in [0, 0.05) is 0 Å². The average molecular weight is 1290 g/mol. The van der Waals surface area contributed by atoms with E-state index < -0.39 is 0 Å². The van der Waals surface area contributed by atoms with Crippen LogP contribution in [0.1, 0.15) is 196 Å². The van der Waals surface area contributed by atoms with Crippen LogP contribution in [-0.4, -0.2) is 39.6 Å². The molecule has 0 aliphatic rings. The van der Waals surface area contributed by atoms with Crippen LogP contribution in [0.4, 0.5) is 0 Å². The van der Waals surface area contributed by atoms with Crippen LogP contribution >= 0.6 is 0 Å². The summed E-state index contributed by atoms with van der Waals surface area (Å²) in [5, 5.41) is 6.96. The Morgan fingerprint density at radius 1 is 0.177 bits per heavy atom. The largest absolute Gasteiger partial charge is 0.494 e. The van der Waals surface area contributed by atoms with Gasteiger partial charge in [-0.1, -0.05) is 230 Å². The zero-order chi connectivity index (χ0) is 66.5. The Hall–Kier alpha value is -8.22. The summed E-state index contributed by atoms with van der Waals surface area (Å²) in [7, 11) is 0. The quantitative estimate of drug-likeness (QED) is 0.0281. The topological polar surface area (TPSA) is 55.4 Å². The van der Waals surface area contributed by atoms with Gasteiger partial charge in [-0.05, 0) is 247 Å². The second-order valence-electron chi connectivity index (χ2n) is 26.5. The first-order valence-electron chi connectivity index (χ1n) is 37.3. The first-order chi connectivity index (χ1) is 47.4. The SMILES string of the molecule is CCCCCCOc1cccc(-c2cc3c4cc(-c5cccc(OCCCCCC)c5)c(-c5cccc(OCCCCCC)c5)cc4c4cc(-c5cccc(OCCCCCC)c5)c(-c5cccc(OCCCCCC)c5)cc4c3cc2-c2cccc(OCCCCCC)c2)c1. The summed E-state index contributed by atoms with van der Waals surface area (Å²) >= 11 is 0. The minimum absolute atomic E-state index is 0.682. The Balaban J connectivity index is 1.29. The molecule has 0 aromatic heterocycles. The van der Waals surface area contributed by atoms with E-state index >= 15 is 0 Å². The highest BCUT2D eigenvalue weighted by atomic mass is 16.5. The summed E-state index contributed by atoms with van der Waals surface area (Å²) < 4.78 is 39.7. The van der Waals surface area contributed by atoms with Gasteiger partial charge in [0.2, 0.25) is 0 Å². The monoisotopic (exact) mass is 1280 g/mol. The Kier molecular flexibility index (Phi) is 27.9. The number of benzene rings is 10. The van der Waals surface area contributed by atoms with E-state index in [1.54, 1.807) is 0 Å². The number of hydrogen-bond donors (Lipinski definition) is 0. The maximum atomic E-state index is 6.62. The number of rotatable bonds is 42. The van der Waals surface area contributed by atoms with E-state index in [1.807, 2.05) is 0 Å². The van der Waals surface area contributed by atoms with Crippen molar-refractivity contribution in [3.8, 4) is 101 Å². The van der Waals surface area contributed by atoms with E-state index in [9.17, 15) is 0 Å². The maximum Gasteiger partial charge on any atom is 0.119 e. The molecule has 0 radical (unpaired) electrons.